The molecular formula is C18H20F3N5O3. The van der Waals surface area contributed by atoms with Crippen LogP contribution < -0.4 is 10.5 Å². The van der Waals surface area contributed by atoms with Gasteiger partial charge in [-0.25, -0.2) is 9.67 Å². The molecule has 1 aliphatic heterocycles. The molecule has 3 heterocycles. The third kappa shape index (κ3) is 4.91. The van der Waals surface area contributed by atoms with E-state index >= 15 is 0 Å². The van der Waals surface area contributed by atoms with E-state index < -0.39 is 11.7 Å². The molecule has 1 saturated heterocycles. The molecule has 29 heavy (non-hydrogen) atoms. The fourth-order valence-corrected chi connectivity index (χ4v) is 2.94. The summed E-state index contributed by atoms with van der Waals surface area (Å²) in [7, 11) is 1.51. The van der Waals surface area contributed by atoms with Crippen LogP contribution in [0.15, 0.2) is 35.3 Å². The third-order valence-corrected chi connectivity index (χ3v) is 4.56. The number of carbonyl (C=O) groups excluding carboxylic acids is 1. The summed E-state index contributed by atoms with van der Waals surface area (Å²) in [6.07, 6.45) is -3.62. The van der Waals surface area contributed by atoms with Gasteiger partial charge >= 0.3 is 6.18 Å². The van der Waals surface area contributed by atoms with Gasteiger partial charge in [-0.2, -0.15) is 18.3 Å². The smallest absolute Gasteiger partial charge is 0.383 e. The number of hydrogen-bond acceptors (Lipinski definition) is 6. The van der Waals surface area contributed by atoms with E-state index in [1.54, 1.807) is 4.90 Å². The van der Waals surface area contributed by atoms with Crippen molar-refractivity contribution in [3.8, 4) is 0 Å². The van der Waals surface area contributed by atoms with Crippen molar-refractivity contribution in [1.29, 1.82) is 0 Å². The average molecular weight is 411 g/mol. The SMILES string of the molecule is COCCn1nc(C(=O)N2CCN(c3ccc(C(F)(F)F)cn3)CC2)ccc1=O. The third-order valence-electron chi connectivity index (χ3n) is 4.56. The summed E-state index contributed by atoms with van der Waals surface area (Å²) in [5.41, 5.74) is -0.969. The molecular weight excluding hydrogens is 391 g/mol. The number of ether oxygens (including phenoxy) is 1. The molecule has 0 aromatic carbocycles. The molecule has 0 atom stereocenters. The maximum Gasteiger partial charge on any atom is 0.417 e. The van der Waals surface area contributed by atoms with E-state index in [2.05, 4.69) is 10.1 Å². The van der Waals surface area contributed by atoms with Crippen molar-refractivity contribution in [2.45, 2.75) is 12.7 Å². The van der Waals surface area contributed by atoms with Crippen LogP contribution in [0.4, 0.5) is 19.0 Å². The van der Waals surface area contributed by atoms with Gasteiger partial charge in [-0.15, -0.1) is 0 Å². The zero-order valence-electron chi connectivity index (χ0n) is 15.7. The molecule has 0 aliphatic carbocycles. The first-order valence-electron chi connectivity index (χ1n) is 8.94. The van der Waals surface area contributed by atoms with E-state index in [9.17, 15) is 22.8 Å². The van der Waals surface area contributed by atoms with Gasteiger partial charge in [0.25, 0.3) is 11.5 Å². The van der Waals surface area contributed by atoms with E-state index in [0.29, 0.717) is 38.6 Å². The van der Waals surface area contributed by atoms with Crippen LogP contribution in [0, 0.1) is 0 Å². The first-order chi connectivity index (χ1) is 13.8. The highest BCUT2D eigenvalue weighted by atomic mass is 19.4. The Bertz CT molecular complexity index is 906. The number of hydrogen-bond donors (Lipinski definition) is 0. The number of methoxy groups -OCH3 is 1. The van der Waals surface area contributed by atoms with Gasteiger partial charge in [0.05, 0.1) is 18.7 Å². The second-order valence-corrected chi connectivity index (χ2v) is 6.45. The van der Waals surface area contributed by atoms with Crippen LogP contribution >= 0.6 is 0 Å². The molecule has 2 aromatic rings. The Morgan fingerprint density at radius 3 is 2.45 bits per heavy atom. The second-order valence-electron chi connectivity index (χ2n) is 6.45. The normalized spacial score (nSPS) is 14.9. The highest BCUT2D eigenvalue weighted by Crippen LogP contribution is 2.29. The molecule has 3 rings (SSSR count). The van der Waals surface area contributed by atoms with Crippen LogP contribution in [0.3, 0.4) is 0 Å². The zero-order chi connectivity index (χ0) is 21.0. The Labute approximate surface area is 164 Å². The number of nitrogens with zero attached hydrogens (tertiary/aromatic N) is 5. The van der Waals surface area contributed by atoms with Crippen molar-refractivity contribution in [3.63, 3.8) is 0 Å². The predicted molar refractivity (Wildman–Crippen MR) is 97.7 cm³/mol. The quantitative estimate of drug-likeness (QED) is 0.737. The van der Waals surface area contributed by atoms with Gasteiger partial charge in [-0.1, -0.05) is 0 Å². The number of amides is 1. The topological polar surface area (TPSA) is 80.6 Å². The van der Waals surface area contributed by atoms with Gasteiger partial charge in [-0.3, -0.25) is 9.59 Å². The summed E-state index contributed by atoms with van der Waals surface area (Å²) in [4.78, 5) is 31.8. The number of piperazine rings is 1. The number of anilines is 1. The van der Waals surface area contributed by atoms with Crippen LogP contribution in [0.5, 0.6) is 0 Å². The van der Waals surface area contributed by atoms with Crippen molar-refractivity contribution in [1.82, 2.24) is 19.7 Å². The standard InChI is InChI=1S/C18H20F3N5O3/c1-29-11-10-26-16(27)5-3-14(23-26)17(28)25-8-6-24(7-9-25)15-4-2-13(12-22-15)18(19,20)21/h2-5,12H,6-11H2,1H3. The number of alkyl halides is 3. The molecule has 156 valence electrons. The molecule has 0 saturated carbocycles. The summed E-state index contributed by atoms with van der Waals surface area (Å²) < 4.78 is 44.1. The van der Waals surface area contributed by atoms with Gasteiger partial charge in [-0.05, 0) is 18.2 Å². The largest absolute Gasteiger partial charge is 0.417 e. The van der Waals surface area contributed by atoms with Crippen LogP contribution in [0.2, 0.25) is 0 Å². The van der Waals surface area contributed by atoms with Crippen LogP contribution in [-0.2, 0) is 17.5 Å². The summed E-state index contributed by atoms with van der Waals surface area (Å²) in [6.45, 7) is 2.11. The van der Waals surface area contributed by atoms with Crippen LogP contribution in [-0.4, -0.2) is 65.5 Å². The highest BCUT2D eigenvalue weighted by Gasteiger charge is 2.31. The second kappa shape index (κ2) is 8.60. The van der Waals surface area contributed by atoms with Crippen LogP contribution in [0.25, 0.3) is 0 Å². The maximum atomic E-state index is 12.7. The summed E-state index contributed by atoms with van der Waals surface area (Å²) in [5.74, 6) is 0.118. The van der Waals surface area contributed by atoms with Gasteiger partial charge in [0, 0.05) is 45.6 Å². The van der Waals surface area contributed by atoms with Crippen LogP contribution in [0.1, 0.15) is 16.1 Å². The lowest BCUT2D eigenvalue weighted by molar-refractivity contribution is -0.137. The Morgan fingerprint density at radius 2 is 1.86 bits per heavy atom. The Hall–Kier alpha value is -2.95. The molecule has 2 aromatic heterocycles. The first kappa shape index (κ1) is 20.8. The molecule has 1 fully saturated rings. The Balaban J connectivity index is 1.63. The lowest BCUT2D eigenvalue weighted by Gasteiger charge is -2.35. The number of carbonyl (C=O) groups is 1. The fraction of sp³-hybridized carbons (Fsp3) is 0.444. The number of aromatic nitrogens is 3. The van der Waals surface area contributed by atoms with Crippen molar-refractivity contribution >= 4 is 11.7 Å². The van der Waals surface area contributed by atoms with Crippen molar-refractivity contribution in [2.75, 3.05) is 44.8 Å². The molecule has 1 aliphatic rings. The summed E-state index contributed by atoms with van der Waals surface area (Å²) >= 11 is 0. The molecule has 0 unspecified atom stereocenters. The molecule has 11 heteroatoms. The van der Waals surface area contributed by atoms with E-state index in [1.807, 2.05) is 4.90 Å². The molecule has 8 nitrogen and oxygen atoms in total. The van der Waals surface area contributed by atoms with Crippen molar-refractivity contribution in [2.24, 2.45) is 0 Å². The van der Waals surface area contributed by atoms with E-state index in [0.717, 1.165) is 12.3 Å². The monoisotopic (exact) mass is 411 g/mol. The number of rotatable bonds is 5. The predicted octanol–water partition coefficient (Wildman–Crippen LogP) is 1.27. The minimum absolute atomic E-state index is 0.154. The zero-order valence-corrected chi connectivity index (χ0v) is 15.7. The lowest BCUT2D eigenvalue weighted by atomic mass is 10.2. The molecule has 0 N–H and O–H groups in total. The maximum absolute atomic E-state index is 12.7. The van der Waals surface area contributed by atoms with E-state index in [1.165, 1.54) is 30.0 Å². The molecule has 0 spiro atoms. The minimum atomic E-state index is -4.43. The summed E-state index contributed by atoms with van der Waals surface area (Å²) in [6, 6.07) is 5.00. The Morgan fingerprint density at radius 1 is 1.14 bits per heavy atom. The van der Waals surface area contributed by atoms with Crippen molar-refractivity contribution in [3.05, 3.63) is 52.1 Å². The average Bonchev–Trinajstić information content (AvgIpc) is 2.72. The molecule has 0 radical (unpaired) electrons. The van der Waals surface area contributed by atoms with Gasteiger partial charge in [0.15, 0.2) is 0 Å². The number of halogens is 3. The van der Waals surface area contributed by atoms with E-state index in [-0.39, 0.29) is 23.7 Å². The van der Waals surface area contributed by atoms with E-state index in [4.69, 9.17) is 4.74 Å². The highest BCUT2D eigenvalue weighted by molar-refractivity contribution is 5.92. The van der Waals surface area contributed by atoms with Crippen molar-refractivity contribution < 1.29 is 22.7 Å². The molecule has 0 bridgehead atoms. The summed E-state index contributed by atoms with van der Waals surface area (Å²) in [5, 5.41) is 4.10. The molecule has 1 amide bonds. The number of pyridine rings is 1. The van der Waals surface area contributed by atoms with Gasteiger partial charge < -0.3 is 14.5 Å². The first-order valence-corrected chi connectivity index (χ1v) is 8.94. The lowest BCUT2D eigenvalue weighted by Crippen LogP contribution is -2.49. The minimum Gasteiger partial charge on any atom is -0.383 e. The Kier molecular flexibility index (Phi) is 6.16. The fourth-order valence-electron chi connectivity index (χ4n) is 2.94. The van der Waals surface area contributed by atoms with Gasteiger partial charge in [0.1, 0.15) is 11.5 Å². The van der Waals surface area contributed by atoms with Gasteiger partial charge in [0.2, 0.25) is 0 Å².